The molecule has 1 heterocycles. The van der Waals surface area contributed by atoms with Gasteiger partial charge in [-0.25, -0.2) is 0 Å². The lowest BCUT2D eigenvalue weighted by Crippen LogP contribution is -1.97. The molecule has 0 radical (unpaired) electrons. The summed E-state index contributed by atoms with van der Waals surface area (Å²) >= 11 is 24.5. The SMILES string of the molecule is Cc1nc(-c2ccc(Cl)cc2)c(-c2ccc(Cl)cc2Cl)cc1CCl. The van der Waals surface area contributed by atoms with Crippen LogP contribution in [-0.4, -0.2) is 4.98 Å². The van der Waals surface area contributed by atoms with Gasteiger partial charge >= 0.3 is 0 Å². The number of hydrogen-bond acceptors (Lipinski definition) is 1. The molecule has 3 aromatic rings. The molecular weight excluding hydrogens is 384 g/mol. The molecule has 1 aromatic heterocycles. The van der Waals surface area contributed by atoms with Crippen molar-refractivity contribution in [3.05, 3.63) is 74.9 Å². The maximum absolute atomic E-state index is 6.42. The van der Waals surface area contributed by atoms with E-state index in [0.717, 1.165) is 33.6 Å². The van der Waals surface area contributed by atoms with Crippen LogP contribution in [0.15, 0.2) is 48.5 Å². The van der Waals surface area contributed by atoms with Gasteiger partial charge in [0.2, 0.25) is 0 Å². The Morgan fingerprint density at radius 1 is 0.833 bits per heavy atom. The minimum atomic E-state index is 0.387. The van der Waals surface area contributed by atoms with Crippen molar-refractivity contribution in [3.63, 3.8) is 0 Å². The maximum Gasteiger partial charge on any atom is 0.0784 e. The maximum atomic E-state index is 6.42. The van der Waals surface area contributed by atoms with Gasteiger partial charge in [-0.05, 0) is 42.8 Å². The van der Waals surface area contributed by atoms with Gasteiger partial charge in [-0.15, -0.1) is 11.6 Å². The van der Waals surface area contributed by atoms with Gasteiger partial charge in [-0.3, -0.25) is 4.98 Å². The Balaban J connectivity index is 2.28. The lowest BCUT2D eigenvalue weighted by Gasteiger charge is -2.14. The molecule has 0 unspecified atom stereocenters. The summed E-state index contributed by atoms with van der Waals surface area (Å²) in [6.07, 6.45) is 0. The predicted molar refractivity (Wildman–Crippen MR) is 104 cm³/mol. The van der Waals surface area contributed by atoms with Gasteiger partial charge in [0.05, 0.1) is 5.69 Å². The second kappa shape index (κ2) is 7.33. The number of aromatic nitrogens is 1. The molecule has 3 rings (SSSR count). The van der Waals surface area contributed by atoms with Crippen molar-refractivity contribution < 1.29 is 0 Å². The van der Waals surface area contributed by atoms with E-state index >= 15 is 0 Å². The van der Waals surface area contributed by atoms with Crippen LogP contribution in [0, 0.1) is 6.92 Å². The molecule has 0 saturated heterocycles. The van der Waals surface area contributed by atoms with E-state index in [1.165, 1.54) is 0 Å². The molecule has 0 aliphatic carbocycles. The van der Waals surface area contributed by atoms with E-state index in [1.807, 2.05) is 49.4 Å². The summed E-state index contributed by atoms with van der Waals surface area (Å²) in [7, 11) is 0. The number of pyridine rings is 1. The average molecular weight is 397 g/mol. The third-order valence-corrected chi connectivity index (χ3v) is 4.89. The van der Waals surface area contributed by atoms with Crippen LogP contribution >= 0.6 is 46.4 Å². The molecule has 0 aliphatic rings. The fourth-order valence-electron chi connectivity index (χ4n) is 2.52. The molecule has 0 aliphatic heterocycles. The summed E-state index contributed by atoms with van der Waals surface area (Å²) in [5, 5.41) is 1.84. The Bertz CT molecular complexity index is 889. The number of halogens is 4. The standard InChI is InChI=1S/C19H13Cl4N/c1-11-13(10-20)8-17(16-7-6-15(22)9-18(16)23)19(24-11)12-2-4-14(21)5-3-12/h2-9H,10H2,1H3. The molecule has 0 spiro atoms. The first-order valence-electron chi connectivity index (χ1n) is 7.27. The molecule has 24 heavy (non-hydrogen) atoms. The van der Waals surface area contributed by atoms with Crippen molar-refractivity contribution in [3.8, 4) is 22.4 Å². The number of aryl methyl sites for hydroxylation is 1. The van der Waals surface area contributed by atoms with Gasteiger partial charge in [0.25, 0.3) is 0 Å². The van der Waals surface area contributed by atoms with E-state index in [2.05, 4.69) is 0 Å². The Kier molecular flexibility index (Phi) is 5.36. The lowest BCUT2D eigenvalue weighted by molar-refractivity contribution is 1.14. The summed E-state index contributed by atoms with van der Waals surface area (Å²) in [6.45, 7) is 1.95. The predicted octanol–water partition coefficient (Wildman–Crippen LogP) is 7.42. The molecule has 0 N–H and O–H groups in total. The van der Waals surface area contributed by atoms with Crippen LogP contribution in [0.3, 0.4) is 0 Å². The molecule has 0 amide bonds. The molecular formula is C19H13Cl4N. The highest BCUT2D eigenvalue weighted by Gasteiger charge is 2.15. The Hall–Kier alpha value is -1.25. The monoisotopic (exact) mass is 395 g/mol. The van der Waals surface area contributed by atoms with E-state index in [0.29, 0.717) is 20.9 Å². The molecule has 2 aromatic carbocycles. The lowest BCUT2D eigenvalue weighted by atomic mass is 9.97. The fraction of sp³-hybridized carbons (Fsp3) is 0.105. The number of hydrogen-bond donors (Lipinski definition) is 0. The zero-order valence-electron chi connectivity index (χ0n) is 12.8. The van der Waals surface area contributed by atoms with Gasteiger partial charge in [0.15, 0.2) is 0 Å². The number of rotatable bonds is 3. The van der Waals surface area contributed by atoms with Crippen molar-refractivity contribution in [2.24, 2.45) is 0 Å². The van der Waals surface area contributed by atoms with Crippen LogP contribution < -0.4 is 0 Å². The topological polar surface area (TPSA) is 12.9 Å². The van der Waals surface area contributed by atoms with E-state index in [9.17, 15) is 0 Å². The van der Waals surface area contributed by atoms with Crippen molar-refractivity contribution in [2.75, 3.05) is 0 Å². The third-order valence-electron chi connectivity index (χ3n) is 3.80. The first kappa shape index (κ1) is 17.6. The minimum absolute atomic E-state index is 0.387. The van der Waals surface area contributed by atoms with Gasteiger partial charge in [0.1, 0.15) is 0 Å². The van der Waals surface area contributed by atoms with Crippen molar-refractivity contribution in [1.29, 1.82) is 0 Å². The molecule has 1 nitrogen and oxygen atoms in total. The molecule has 0 atom stereocenters. The largest absolute Gasteiger partial charge is 0.252 e. The highest BCUT2D eigenvalue weighted by molar-refractivity contribution is 6.36. The smallest absolute Gasteiger partial charge is 0.0784 e. The zero-order chi connectivity index (χ0) is 17.3. The Morgan fingerprint density at radius 2 is 1.50 bits per heavy atom. The third kappa shape index (κ3) is 3.55. The normalized spacial score (nSPS) is 10.9. The van der Waals surface area contributed by atoms with Crippen LogP contribution in [0.25, 0.3) is 22.4 Å². The summed E-state index contributed by atoms with van der Waals surface area (Å²) in [5.74, 6) is 0.387. The minimum Gasteiger partial charge on any atom is -0.252 e. The number of alkyl halides is 1. The summed E-state index contributed by atoms with van der Waals surface area (Å²) in [6, 6.07) is 15.0. The molecule has 5 heteroatoms. The molecule has 0 fully saturated rings. The first-order chi connectivity index (χ1) is 11.5. The average Bonchev–Trinajstić information content (AvgIpc) is 2.56. The van der Waals surface area contributed by atoms with Gasteiger partial charge in [0, 0.05) is 43.3 Å². The van der Waals surface area contributed by atoms with Gasteiger partial charge in [-0.1, -0.05) is 53.0 Å². The zero-order valence-corrected chi connectivity index (χ0v) is 15.8. The second-order valence-corrected chi connectivity index (χ2v) is 6.94. The van der Waals surface area contributed by atoms with Gasteiger partial charge < -0.3 is 0 Å². The van der Waals surface area contributed by atoms with Crippen molar-refractivity contribution >= 4 is 46.4 Å². The first-order valence-corrected chi connectivity index (χ1v) is 8.94. The summed E-state index contributed by atoms with van der Waals surface area (Å²) in [5.41, 5.74) is 5.44. The van der Waals surface area contributed by atoms with E-state index in [-0.39, 0.29) is 0 Å². The van der Waals surface area contributed by atoms with Crippen LogP contribution in [0.5, 0.6) is 0 Å². The van der Waals surface area contributed by atoms with Gasteiger partial charge in [-0.2, -0.15) is 0 Å². The molecule has 122 valence electrons. The second-order valence-electron chi connectivity index (χ2n) is 5.39. The molecule has 0 saturated carbocycles. The molecule has 0 bridgehead atoms. The van der Waals surface area contributed by atoms with E-state index in [4.69, 9.17) is 51.4 Å². The fourth-order valence-corrected chi connectivity index (χ4v) is 3.43. The van der Waals surface area contributed by atoms with Crippen LogP contribution in [0.2, 0.25) is 15.1 Å². The summed E-state index contributed by atoms with van der Waals surface area (Å²) < 4.78 is 0. The Morgan fingerprint density at radius 3 is 2.12 bits per heavy atom. The highest BCUT2D eigenvalue weighted by atomic mass is 35.5. The number of benzene rings is 2. The quantitative estimate of drug-likeness (QED) is 0.419. The van der Waals surface area contributed by atoms with Crippen LogP contribution in [-0.2, 0) is 5.88 Å². The van der Waals surface area contributed by atoms with E-state index < -0.39 is 0 Å². The highest BCUT2D eigenvalue weighted by Crippen LogP contribution is 2.37. The van der Waals surface area contributed by atoms with Crippen molar-refractivity contribution in [1.82, 2.24) is 4.98 Å². The summed E-state index contributed by atoms with van der Waals surface area (Å²) in [4.78, 5) is 4.76. The van der Waals surface area contributed by atoms with Crippen LogP contribution in [0.4, 0.5) is 0 Å². The van der Waals surface area contributed by atoms with Crippen molar-refractivity contribution in [2.45, 2.75) is 12.8 Å². The van der Waals surface area contributed by atoms with E-state index in [1.54, 1.807) is 6.07 Å². The van der Waals surface area contributed by atoms with Crippen LogP contribution in [0.1, 0.15) is 11.3 Å². The number of nitrogens with zero attached hydrogens (tertiary/aromatic N) is 1. The Labute approximate surface area is 161 Å².